The predicted octanol–water partition coefficient (Wildman–Crippen LogP) is 5.32. The SMILES string of the molecule is CCOc1ccc(-n2c(C)cc(/C=C(\C#N)c3nc(C)cs3)c2C)cc1. The molecule has 0 bridgehead atoms. The summed E-state index contributed by atoms with van der Waals surface area (Å²) < 4.78 is 7.70. The lowest BCUT2D eigenvalue weighted by molar-refractivity contribution is 0.340. The first-order chi connectivity index (χ1) is 12.5. The van der Waals surface area contributed by atoms with Gasteiger partial charge in [0, 0.05) is 28.1 Å². The second-order valence-corrected chi connectivity index (χ2v) is 6.91. The topological polar surface area (TPSA) is 50.8 Å². The van der Waals surface area contributed by atoms with E-state index in [0.717, 1.165) is 39.1 Å². The van der Waals surface area contributed by atoms with E-state index < -0.39 is 0 Å². The number of allylic oxidation sites excluding steroid dienone is 1. The molecule has 0 saturated heterocycles. The third kappa shape index (κ3) is 3.56. The predicted molar refractivity (Wildman–Crippen MR) is 107 cm³/mol. The quantitative estimate of drug-likeness (QED) is 0.576. The average Bonchev–Trinajstić information content (AvgIpc) is 3.17. The van der Waals surface area contributed by atoms with E-state index in [-0.39, 0.29) is 0 Å². The number of nitrogens with zero attached hydrogens (tertiary/aromatic N) is 3. The number of hydrogen-bond donors (Lipinski definition) is 0. The molecule has 4 nitrogen and oxygen atoms in total. The van der Waals surface area contributed by atoms with E-state index in [2.05, 4.69) is 35.5 Å². The first kappa shape index (κ1) is 18.0. The minimum Gasteiger partial charge on any atom is -0.494 e. The van der Waals surface area contributed by atoms with E-state index in [1.807, 2.05) is 49.6 Å². The lowest BCUT2D eigenvalue weighted by Gasteiger charge is -2.11. The second kappa shape index (κ2) is 7.59. The molecule has 5 heteroatoms. The van der Waals surface area contributed by atoms with E-state index in [1.165, 1.54) is 11.3 Å². The number of rotatable bonds is 5. The zero-order valence-electron chi connectivity index (χ0n) is 15.4. The molecule has 0 unspecified atom stereocenters. The van der Waals surface area contributed by atoms with Gasteiger partial charge in [0.1, 0.15) is 16.8 Å². The highest BCUT2D eigenvalue weighted by molar-refractivity contribution is 7.11. The van der Waals surface area contributed by atoms with Gasteiger partial charge >= 0.3 is 0 Å². The van der Waals surface area contributed by atoms with Crippen molar-refractivity contribution >= 4 is 23.0 Å². The molecule has 0 aliphatic carbocycles. The molecule has 132 valence electrons. The Labute approximate surface area is 158 Å². The Balaban J connectivity index is 2.00. The first-order valence-electron chi connectivity index (χ1n) is 8.50. The van der Waals surface area contributed by atoms with Crippen LogP contribution in [0.4, 0.5) is 0 Å². The Morgan fingerprint density at radius 3 is 2.58 bits per heavy atom. The maximum Gasteiger partial charge on any atom is 0.134 e. The molecule has 3 aromatic rings. The van der Waals surface area contributed by atoms with Crippen LogP contribution in [-0.2, 0) is 0 Å². The van der Waals surface area contributed by atoms with Crippen LogP contribution < -0.4 is 4.74 Å². The van der Waals surface area contributed by atoms with Crippen LogP contribution in [-0.4, -0.2) is 16.2 Å². The lowest BCUT2D eigenvalue weighted by atomic mass is 10.1. The third-order valence-electron chi connectivity index (χ3n) is 4.15. The van der Waals surface area contributed by atoms with Crippen LogP contribution in [0.15, 0.2) is 35.7 Å². The van der Waals surface area contributed by atoms with Crippen molar-refractivity contribution < 1.29 is 4.74 Å². The van der Waals surface area contributed by atoms with Gasteiger partial charge in [-0.2, -0.15) is 5.26 Å². The summed E-state index contributed by atoms with van der Waals surface area (Å²) >= 11 is 1.50. The van der Waals surface area contributed by atoms with E-state index >= 15 is 0 Å². The van der Waals surface area contributed by atoms with E-state index in [0.29, 0.717) is 12.2 Å². The van der Waals surface area contributed by atoms with Gasteiger partial charge in [0.2, 0.25) is 0 Å². The number of benzene rings is 1. The number of hydrogen-bond acceptors (Lipinski definition) is 4. The normalized spacial score (nSPS) is 11.4. The minimum atomic E-state index is 0.593. The standard InChI is InChI=1S/C21H21N3OS/c1-5-25-20-8-6-19(7-9-20)24-15(3)10-17(16(24)4)11-18(12-22)21-23-14(2)13-26-21/h6-11,13H,5H2,1-4H3/b18-11+. The second-order valence-electron chi connectivity index (χ2n) is 6.05. The van der Waals surface area contributed by atoms with Gasteiger partial charge in [-0.3, -0.25) is 0 Å². The summed E-state index contributed by atoms with van der Waals surface area (Å²) in [6.45, 7) is 8.71. The smallest absolute Gasteiger partial charge is 0.134 e. The summed E-state index contributed by atoms with van der Waals surface area (Å²) in [5.41, 5.74) is 5.84. The summed E-state index contributed by atoms with van der Waals surface area (Å²) in [7, 11) is 0. The monoisotopic (exact) mass is 363 g/mol. The zero-order chi connectivity index (χ0) is 18.7. The summed E-state index contributed by atoms with van der Waals surface area (Å²) in [6.07, 6.45) is 1.92. The number of aryl methyl sites for hydroxylation is 2. The maximum atomic E-state index is 9.54. The van der Waals surface area contributed by atoms with Crippen LogP contribution in [0.3, 0.4) is 0 Å². The van der Waals surface area contributed by atoms with Crippen molar-refractivity contribution in [3.63, 3.8) is 0 Å². The average molecular weight is 363 g/mol. The third-order valence-corrected chi connectivity index (χ3v) is 5.14. The molecule has 1 aromatic carbocycles. The summed E-state index contributed by atoms with van der Waals surface area (Å²) in [5, 5.41) is 12.3. The lowest BCUT2D eigenvalue weighted by Crippen LogP contribution is -1.99. The van der Waals surface area contributed by atoms with Crippen LogP contribution >= 0.6 is 11.3 Å². The highest BCUT2D eigenvalue weighted by Gasteiger charge is 2.12. The van der Waals surface area contributed by atoms with Crippen molar-refractivity contribution in [3.8, 4) is 17.5 Å². The molecule has 26 heavy (non-hydrogen) atoms. The van der Waals surface area contributed by atoms with Crippen molar-refractivity contribution in [2.24, 2.45) is 0 Å². The number of aromatic nitrogens is 2. The van der Waals surface area contributed by atoms with Gasteiger partial charge in [0.15, 0.2) is 0 Å². The molecule has 0 saturated carbocycles. The molecule has 0 aliphatic heterocycles. The fourth-order valence-corrected chi connectivity index (χ4v) is 3.73. The maximum absolute atomic E-state index is 9.54. The largest absolute Gasteiger partial charge is 0.494 e. The van der Waals surface area contributed by atoms with Crippen LogP contribution in [0.1, 0.15) is 34.6 Å². The number of ether oxygens (including phenoxy) is 1. The van der Waals surface area contributed by atoms with E-state index in [4.69, 9.17) is 4.74 Å². The van der Waals surface area contributed by atoms with Crippen molar-refractivity contribution in [3.05, 3.63) is 63.4 Å². The summed E-state index contributed by atoms with van der Waals surface area (Å²) in [4.78, 5) is 4.43. The molecule has 2 aromatic heterocycles. The first-order valence-corrected chi connectivity index (χ1v) is 9.38. The fourth-order valence-electron chi connectivity index (χ4n) is 2.96. The Bertz CT molecular complexity index is 987. The molecule has 0 N–H and O–H groups in total. The molecule has 0 amide bonds. The van der Waals surface area contributed by atoms with Crippen LogP contribution in [0.25, 0.3) is 17.3 Å². The Morgan fingerprint density at radius 1 is 1.27 bits per heavy atom. The van der Waals surface area contributed by atoms with Gasteiger partial charge in [-0.25, -0.2) is 4.98 Å². The van der Waals surface area contributed by atoms with Crippen molar-refractivity contribution in [2.45, 2.75) is 27.7 Å². The van der Waals surface area contributed by atoms with E-state index in [9.17, 15) is 5.26 Å². The Hall–Kier alpha value is -2.84. The Kier molecular flexibility index (Phi) is 5.24. The summed E-state index contributed by atoms with van der Waals surface area (Å²) in [6, 6.07) is 12.4. The van der Waals surface area contributed by atoms with Gasteiger partial charge in [-0.15, -0.1) is 11.3 Å². The molecule has 0 spiro atoms. The summed E-state index contributed by atoms with van der Waals surface area (Å²) in [5.74, 6) is 0.865. The highest BCUT2D eigenvalue weighted by Crippen LogP contribution is 2.27. The molecule has 0 aliphatic rings. The van der Waals surface area contributed by atoms with Gasteiger partial charge in [-0.1, -0.05) is 0 Å². The van der Waals surface area contributed by atoms with Gasteiger partial charge < -0.3 is 9.30 Å². The van der Waals surface area contributed by atoms with Gasteiger partial charge in [0.05, 0.1) is 12.2 Å². The van der Waals surface area contributed by atoms with Crippen molar-refractivity contribution in [1.82, 2.24) is 9.55 Å². The van der Waals surface area contributed by atoms with Crippen LogP contribution in [0.2, 0.25) is 0 Å². The number of thiazole rings is 1. The molecule has 0 fully saturated rings. The van der Waals surface area contributed by atoms with E-state index in [1.54, 1.807) is 0 Å². The van der Waals surface area contributed by atoms with Crippen LogP contribution in [0.5, 0.6) is 5.75 Å². The molecule has 3 rings (SSSR count). The highest BCUT2D eigenvalue weighted by atomic mass is 32.1. The minimum absolute atomic E-state index is 0.593. The molecule has 0 atom stereocenters. The van der Waals surface area contributed by atoms with Crippen LogP contribution in [0, 0.1) is 32.1 Å². The van der Waals surface area contributed by atoms with Crippen molar-refractivity contribution in [2.75, 3.05) is 6.61 Å². The van der Waals surface area contributed by atoms with Gasteiger partial charge in [-0.05, 0) is 69.7 Å². The van der Waals surface area contributed by atoms with Gasteiger partial charge in [0.25, 0.3) is 0 Å². The zero-order valence-corrected chi connectivity index (χ0v) is 16.2. The molecule has 2 heterocycles. The molecular weight excluding hydrogens is 342 g/mol. The Morgan fingerprint density at radius 2 is 2.00 bits per heavy atom. The fraction of sp³-hybridized carbons (Fsp3) is 0.238. The number of nitriles is 1. The van der Waals surface area contributed by atoms with Crippen molar-refractivity contribution in [1.29, 1.82) is 5.26 Å². The molecule has 0 radical (unpaired) electrons. The molecular formula is C21H21N3OS.